The lowest BCUT2D eigenvalue weighted by Crippen LogP contribution is -2.13. The molecule has 0 aliphatic rings. The number of carbonyl (C=O) groups excluding carboxylic acids is 15. The summed E-state index contributed by atoms with van der Waals surface area (Å²) in [5.74, 6) is 0.622. The standard InChI is InChI=1S/C7H12O3.2C6H10O4.C6H10O3.3C6H12O3.C6H12O2S.C6H12O2.C5H10O3.C5H10O2S.C5H12O2.C5H12OS/c1-3-6(8)5-7(9)10-4-2;1-3-10-6(8)4-5(7)9-2;1-3-5(7)10-4-6(8)9-2;1-3-5(7)4-6(8)9-2;2*1-3-8-5-6(7)9-4-2;1-3-6(7)9-5-8-4-2;1-3-8-6(7)5-9-4-2;1-3-6(7)5-8-4-2;2*1-3-8-4-5(6)7-2;2*1-3-6-5-7-4-2/h3-5H2,1-2H3;2*3-4H2,1-2H3;3-4H2,1-2H3;4*3-5H2,1-2H3;3-5H2,1-2H3;2*3-4H2,1-2H3;2*3-5H2,1-2H3. The molecule has 38 heteroatoms. The number of hydrogen-bond donors (Lipinski definition) is 0. The van der Waals surface area contributed by atoms with Crippen molar-refractivity contribution in [3.05, 3.63) is 0 Å². The number of carbonyl (C=O) groups is 15. The summed E-state index contributed by atoms with van der Waals surface area (Å²) in [4.78, 5) is 156. The van der Waals surface area contributed by atoms with Crippen LogP contribution in [0.1, 0.15) is 197 Å². The molecule has 0 heterocycles. The molecule has 0 fully saturated rings. The Morgan fingerprint density at radius 2 is 0.487 bits per heavy atom. The molecule has 0 aliphatic heterocycles. The second-order valence-corrected chi connectivity index (χ2v) is 22.4. The van der Waals surface area contributed by atoms with Crippen molar-refractivity contribution in [2.45, 2.75) is 197 Å². The van der Waals surface area contributed by atoms with Crippen molar-refractivity contribution >= 4 is 124 Å². The van der Waals surface area contributed by atoms with Gasteiger partial charge < -0.3 is 94.7 Å². The summed E-state index contributed by atoms with van der Waals surface area (Å²) >= 11 is 4.96. The average Bonchev–Trinajstić information content (AvgIpc) is 1.04. The first-order chi connectivity index (χ1) is 53.8. The predicted molar refractivity (Wildman–Crippen MR) is 432 cm³/mol. The molecule has 0 spiro atoms. The van der Waals surface area contributed by atoms with Gasteiger partial charge in [-0.2, -0.15) is 23.5 Å². The van der Waals surface area contributed by atoms with E-state index in [2.05, 4.69) is 63.8 Å². The van der Waals surface area contributed by atoms with Gasteiger partial charge in [0.25, 0.3) is 0 Å². The molecule has 0 saturated heterocycles. The quantitative estimate of drug-likeness (QED) is 0.0180. The molecule has 0 aromatic rings. The highest BCUT2D eigenvalue weighted by Gasteiger charge is 2.10. The van der Waals surface area contributed by atoms with Crippen LogP contribution in [0.4, 0.5) is 0 Å². The molecule has 674 valence electrons. The van der Waals surface area contributed by atoms with Crippen LogP contribution in [-0.2, 0) is 167 Å². The zero-order valence-electron chi connectivity index (χ0n) is 73.1. The third-order valence-electron chi connectivity index (χ3n) is 9.99. The maximum absolute atomic E-state index is 10.6. The Balaban J connectivity index is -0.0000000873. The largest absolute Gasteiger partial charge is 0.469 e. The minimum atomic E-state index is -0.571. The molecule has 35 nitrogen and oxygen atoms in total. The van der Waals surface area contributed by atoms with Crippen molar-refractivity contribution in [1.29, 1.82) is 0 Å². The molecule has 113 heavy (non-hydrogen) atoms. The van der Waals surface area contributed by atoms with Crippen LogP contribution in [0.25, 0.3) is 0 Å². The van der Waals surface area contributed by atoms with E-state index in [-0.39, 0.29) is 125 Å². The first-order valence-electron chi connectivity index (χ1n) is 37.1. The van der Waals surface area contributed by atoms with Crippen LogP contribution in [0.3, 0.4) is 0 Å². The van der Waals surface area contributed by atoms with E-state index in [9.17, 15) is 71.9 Å². The summed E-state index contributed by atoms with van der Waals surface area (Å²) in [6, 6.07) is 0. The average molecular weight is 1700 g/mol. The molecule has 0 saturated carbocycles. The van der Waals surface area contributed by atoms with Crippen molar-refractivity contribution in [2.75, 3.05) is 203 Å². The summed E-state index contributed by atoms with van der Waals surface area (Å²) in [7, 11) is 6.47. The van der Waals surface area contributed by atoms with E-state index < -0.39 is 35.8 Å². The molecule has 0 aromatic carbocycles. The van der Waals surface area contributed by atoms with Gasteiger partial charge in [0.15, 0.2) is 19.2 Å². The number of ketones is 3. The number of thioether (sulfide) groups is 3. The molecule has 0 bridgehead atoms. The Kier molecular flexibility index (Phi) is 151. The van der Waals surface area contributed by atoms with E-state index in [1.54, 1.807) is 78.9 Å². The van der Waals surface area contributed by atoms with Crippen LogP contribution >= 0.6 is 35.3 Å². The Morgan fingerprint density at radius 1 is 0.204 bits per heavy atom. The molecular formula is C75H146O35S3. The lowest BCUT2D eigenvalue weighted by molar-refractivity contribution is -0.156. The number of hydrogen-bond acceptors (Lipinski definition) is 38. The van der Waals surface area contributed by atoms with Crippen LogP contribution in [-0.4, -0.2) is 292 Å². The zero-order chi connectivity index (χ0) is 90.0. The van der Waals surface area contributed by atoms with E-state index >= 15 is 0 Å². The Morgan fingerprint density at radius 3 is 0.814 bits per heavy atom. The van der Waals surface area contributed by atoms with Crippen molar-refractivity contribution < 1.29 is 167 Å². The predicted octanol–water partition coefficient (Wildman–Crippen LogP) is 9.94. The number of Topliss-reactive ketones (excluding diaryl/α,β-unsaturated/α-hetero) is 3. The number of ether oxygens (including phenoxy) is 20. The van der Waals surface area contributed by atoms with E-state index in [0.29, 0.717) is 103 Å². The third kappa shape index (κ3) is 166. The van der Waals surface area contributed by atoms with E-state index in [0.717, 1.165) is 43.0 Å². The summed E-state index contributed by atoms with van der Waals surface area (Å²) in [6.45, 7) is 46.6. The monoisotopic (exact) mass is 1700 g/mol. The maximum Gasteiger partial charge on any atom is 0.344 e. The number of esters is 12. The van der Waals surface area contributed by atoms with Gasteiger partial charge in [0.05, 0.1) is 86.0 Å². The van der Waals surface area contributed by atoms with Crippen LogP contribution in [0.15, 0.2) is 0 Å². The second kappa shape index (κ2) is 126. The number of rotatable bonds is 47. The van der Waals surface area contributed by atoms with Gasteiger partial charge in [-0.05, 0) is 107 Å². The Bertz CT molecular complexity index is 2000. The Hall–Kier alpha value is -6.62. The fourth-order valence-electron chi connectivity index (χ4n) is 4.27. The van der Waals surface area contributed by atoms with Crippen LogP contribution < -0.4 is 0 Å². The van der Waals surface area contributed by atoms with Gasteiger partial charge in [0, 0.05) is 85.0 Å². The fourth-order valence-corrected chi connectivity index (χ4v) is 5.67. The summed E-state index contributed by atoms with van der Waals surface area (Å²) in [5, 5.41) is 0. The number of methoxy groups -OCH3 is 5. The highest BCUT2D eigenvalue weighted by Crippen LogP contribution is 2.00. The fraction of sp³-hybridized carbons (Fsp3) is 0.800. The topological polar surface area (TPSA) is 441 Å². The summed E-state index contributed by atoms with van der Waals surface area (Å²) < 4.78 is 91.9. The normalized spacial score (nSPS) is 8.97. The van der Waals surface area contributed by atoms with Gasteiger partial charge in [-0.3, -0.25) is 52.7 Å². The van der Waals surface area contributed by atoms with Gasteiger partial charge >= 0.3 is 71.6 Å². The van der Waals surface area contributed by atoms with Crippen molar-refractivity contribution in [3.63, 3.8) is 0 Å². The molecule has 0 N–H and O–H groups in total. The van der Waals surface area contributed by atoms with Crippen molar-refractivity contribution in [2.24, 2.45) is 0 Å². The maximum atomic E-state index is 10.6. The van der Waals surface area contributed by atoms with Crippen LogP contribution in [0, 0.1) is 0 Å². The summed E-state index contributed by atoms with van der Waals surface area (Å²) in [5.41, 5.74) is 0. The summed E-state index contributed by atoms with van der Waals surface area (Å²) in [6.07, 6.45) is 1.60. The lowest BCUT2D eigenvalue weighted by Gasteiger charge is -2.00. The molecule has 0 rings (SSSR count). The van der Waals surface area contributed by atoms with Gasteiger partial charge in [0.1, 0.15) is 64.0 Å². The smallest absolute Gasteiger partial charge is 0.344 e. The SMILES string of the molecule is CCC(=O)CC(=O)OC.CCC(=O)OCC(=O)OC.CCOC(=O)CC(=O)CC.CCOC(=O)CC(=O)OC.CCOC(=O)CSCC.CCOCC(=O)CC.CCOCC(=O)OC.CCOCC(=O)OCC.CCOCC(=O)OCC.CCOCOC(=O)CC.CCOCOCC.CCOCSCC.CCSCC(=O)OC. The zero-order valence-corrected chi connectivity index (χ0v) is 75.5. The second-order valence-electron chi connectivity index (χ2n) is 18.6. The van der Waals surface area contributed by atoms with Crippen LogP contribution in [0.2, 0.25) is 0 Å². The van der Waals surface area contributed by atoms with Gasteiger partial charge in [-0.15, -0.1) is 11.8 Å². The van der Waals surface area contributed by atoms with Gasteiger partial charge in [-0.25, -0.2) is 19.2 Å². The molecule has 0 atom stereocenters. The first kappa shape index (κ1) is 135. The van der Waals surface area contributed by atoms with E-state index in [4.69, 9.17) is 37.9 Å². The van der Waals surface area contributed by atoms with E-state index in [1.807, 2.05) is 94.8 Å². The molecule has 0 aliphatic carbocycles. The minimum absolute atomic E-state index is 0.0625. The lowest BCUT2D eigenvalue weighted by atomic mass is 10.2. The highest BCUT2D eigenvalue weighted by molar-refractivity contribution is 8.00. The molecular weight excluding hydrogens is 1560 g/mol. The molecule has 0 aromatic heterocycles. The third-order valence-corrected chi connectivity index (χ3v) is 12.4. The molecule has 0 unspecified atom stereocenters. The Labute approximate surface area is 687 Å². The van der Waals surface area contributed by atoms with Crippen molar-refractivity contribution in [1.82, 2.24) is 0 Å². The van der Waals surface area contributed by atoms with Crippen LogP contribution in [0.5, 0.6) is 0 Å². The minimum Gasteiger partial charge on any atom is -0.469 e. The van der Waals surface area contributed by atoms with Crippen molar-refractivity contribution in [3.8, 4) is 0 Å². The first-order valence-corrected chi connectivity index (χ1v) is 40.6. The van der Waals surface area contributed by atoms with Gasteiger partial charge in [-0.1, -0.05) is 55.4 Å². The molecule has 0 amide bonds. The van der Waals surface area contributed by atoms with Gasteiger partial charge in [0.2, 0.25) is 0 Å². The molecule has 0 radical (unpaired) electrons. The van der Waals surface area contributed by atoms with E-state index in [1.165, 1.54) is 35.5 Å². The highest BCUT2D eigenvalue weighted by atomic mass is 32.2.